The van der Waals surface area contributed by atoms with Crippen molar-refractivity contribution in [3.63, 3.8) is 0 Å². The number of benzene rings is 1. The van der Waals surface area contributed by atoms with Gasteiger partial charge in [0.05, 0.1) is 9.93 Å². The fourth-order valence-electron chi connectivity index (χ4n) is 2.05. The standard InChI is InChI=1S/C15H16ClN3O4S/c1-4-7-18(3)15(20)13-14(17-9(2)24-13)23-12-8-10(16)5-6-11(12)19(21)22/h5-6,8H,4,7H2,1-3H3. The molecule has 0 bridgehead atoms. The van der Waals surface area contributed by atoms with E-state index in [1.165, 1.54) is 29.5 Å². The predicted octanol–water partition coefficient (Wildman–Crippen LogP) is 4.29. The third kappa shape index (κ3) is 4.01. The molecule has 0 spiro atoms. The number of aryl methyl sites for hydroxylation is 1. The average Bonchev–Trinajstić information content (AvgIpc) is 2.87. The van der Waals surface area contributed by atoms with Gasteiger partial charge in [0.25, 0.3) is 5.91 Å². The Kier molecular flexibility index (Phi) is 5.74. The molecule has 0 atom stereocenters. The van der Waals surface area contributed by atoms with E-state index in [-0.39, 0.29) is 23.2 Å². The highest BCUT2D eigenvalue weighted by atomic mass is 35.5. The number of hydrogen-bond donors (Lipinski definition) is 0. The van der Waals surface area contributed by atoms with Crippen molar-refractivity contribution >= 4 is 34.5 Å². The quantitative estimate of drug-likeness (QED) is 0.560. The van der Waals surface area contributed by atoms with Crippen molar-refractivity contribution in [1.29, 1.82) is 0 Å². The third-order valence-corrected chi connectivity index (χ3v) is 4.30. The van der Waals surface area contributed by atoms with Gasteiger partial charge in [0.15, 0.2) is 4.88 Å². The van der Waals surface area contributed by atoms with Crippen molar-refractivity contribution in [3.8, 4) is 11.6 Å². The van der Waals surface area contributed by atoms with Crippen LogP contribution in [0.3, 0.4) is 0 Å². The van der Waals surface area contributed by atoms with Crippen LogP contribution in [0.4, 0.5) is 5.69 Å². The highest BCUT2D eigenvalue weighted by Crippen LogP contribution is 2.36. The largest absolute Gasteiger partial charge is 0.430 e. The van der Waals surface area contributed by atoms with E-state index in [1.54, 1.807) is 18.9 Å². The highest BCUT2D eigenvalue weighted by molar-refractivity contribution is 7.13. The molecule has 1 heterocycles. The molecular formula is C15H16ClN3O4S. The lowest BCUT2D eigenvalue weighted by Gasteiger charge is -2.15. The number of nitro benzene ring substituents is 1. The summed E-state index contributed by atoms with van der Waals surface area (Å²) in [6, 6.07) is 3.99. The number of carbonyl (C=O) groups is 1. The van der Waals surface area contributed by atoms with Gasteiger partial charge in [-0.05, 0) is 19.4 Å². The van der Waals surface area contributed by atoms with Gasteiger partial charge in [-0.1, -0.05) is 18.5 Å². The summed E-state index contributed by atoms with van der Waals surface area (Å²) < 4.78 is 5.58. The van der Waals surface area contributed by atoms with E-state index < -0.39 is 4.92 Å². The Balaban J connectivity index is 2.40. The number of amides is 1. The van der Waals surface area contributed by atoms with Crippen molar-refractivity contribution in [3.05, 3.63) is 43.2 Å². The SMILES string of the molecule is CCCN(C)C(=O)c1sc(C)nc1Oc1cc(Cl)ccc1[N+](=O)[O-]. The molecule has 7 nitrogen and oxygen atoms in total. The number of thiazole rings is 1. The molecule has 1 aromatic heterocycles. The summed E-state index contributed by atoms with van der Waals surface area (Å²) in [5.41, 5.74) is -0.245. The summed E-state index contributed by atoms with van der Waals surface area (Å²) in [5, 5.41) is 12.0. The summed E-state index contributed by atoms with van der Waals surface area (Å²) in [4.78, 5) is 29.1. The normalized spacial score (nSPS) is 10.5. The van der Waals surface area contributed by atoms with Gasteiger partial charge >= 0.3 is 5.69 Å². The van der Waals surface area contributed by atoms with Crippen LogP contribution in [0.2, 0.25) is 5.02 Å². The molecule has 9 heteroatoms. The Bertz CT molecular complexity index is 778. The van der Waals surface area contributed by atoms with Crippen LogP contribution in [-0.2, 0) is 0 Å². The smallest absolute Gasteiger partial charge is 0.311 e. The van der Waals surface area contributed by atoms with Gasteiger partial charge in [0.2, 0.25) is 11.6 Å². The Morgan fingerprint density at radius 2 is 2.21 bits per heavy atom. The second-order valence-electron chi connectivity index (χ2n) is 5.07. The minimum absolute atomic E-state index is 0.0509. The zero-order valence-electron chi connectivity index (χ0n) is 13.4. The monoisotopic (exact) mass is 369 g/mol. The van der Waals surface area contributed by atoms with Gasteiger partial charge in [-0.15, -0.1) is 11.3 Å². The van der Waals surface area contributed by atoms with Crippen LogP contribution < -0.4 is 4.74 Å². The minimum Gasteiger partial charge on any atom is -0.430 e. The van der Waals surface area contributed by atoms with E-state index in [2.05, 4.69) is 4.98 Å². The average molecular weight is 370 g/mol. The number of halogens is 1. The maximum absolute atomic E-state index is 12.5. The lowest BCUT2D eigenvalue weighted by Crippen LogP contribution is -2.26. The van der Waals surface area contributed by atoms with Gasteiger partial charge in [0, 0.05) is 30.7 Å². The van der Waals surface area contributed by atoms with E-state index >= 15 is 0 Å². The molecule has 0 unspecified atom stereocenters. The number of carbonyl (C=O) groups excluding carboxylic acids is 1. The van der Waals surface area contributed by atoms with E-state index in [4.69, 9.17) is 16.3 Å². The van der Waals surface area contributed by atoms with E-state index in [0.29, 0.717) is 21.5 Å². The molecule has 0 fully saturated rings. The molecule has 0 saturated heterocycles. The summed E-state index contributed by atoms with van der Waals surface area (Å²) >= 11 is 7.08. The summed E-state index contributed by atoms with van der Waals surface area (Å²) in [6.45, 7) is 4.29. The van der Waals surface area contributed by atoms with Gasteiger partial charge in [-0.3, -0.25) is 14.9 Å². The molecule has 0 aliphatic rings. The van der Waals surface area contributed by atoms with Crippen molar-refractivity contribution in [2.24, 2.45) is 0 Å². The molecule has 0 radical (unpaired) electrons. The Morgan fingerprint density at radius 3 is 2.83 bits per heavy atom. The first kappa shape index (κ1) is 18.2. The lowest BCUT2D eigenvalue weighted by molar-refractivity contribution is -0.385. The Labute approximate surface area is 148 Å². The van der Waals surface area contributed by atoms with Crippen molar-refractivity contribution in [2.45, 2.75) is 20.3 Å². The van der Waals surface area contributed by atoms with E-state index in [0.717, 1.165) is 6.42 Å². The predicted molar refractivity (Wildman–Crippen MR) is 92.3 cm³/mol. The van der Waals surface area contributed by atoms with E-state index in [9.17, 15) is 14.9 Å². The molecule has 0 saturated carbocycles. The van der Waals surface area contributed by atoms with Crippen molar-refractivity contribution < 1.29 is 14.5 Å². The number of nitro groups is 1. The van der Waals surface area contributed by atoms with Crippen LogP contribution in [0.5, 0.6) is 11.6 Å². The van der Waals surface area contributed by atoms with Crippen LogP contribution >= 0.6 is 22.9 Å². The van der Waals surface area contributed by atoms with Crippen molar-refractivity contribution in [2.75, 3.05) is 13.6 Å². The van der Waals surface area contributed by atoms with Gasteiger partial charge in [-0.2, -0.15) is 0 Å². The molecular weight excluding hydrogens is 354 g/mol. The number of aromatic nitrogens is 1. The van der Waals surface area contributed by atoms with E-state index in [1.807, 2.05) is 6.92 Å². The summed E-state index contributed by atoms with van der Waals surface area (Å²) in [6.07, 6.45) is 0.815. The highest BCUT2D eigenvalue weighted by Gasteiger charge is 2.24. The fraction of sp³-hybridized carbons (Fsp3) is 0.333. The van der Waals surface area contributed by atoms with Crippen LogP contribution in [0.25, 0.3) is 0 Å². The van der Waals surface area contributed by atoms with Crippen LogP contribution in [-0.4, -0.2) is 34.3 Å². The number of rotatable bonds is 6. The van der Waals surface area contributed by atoms with Crippen molar-refractivity contribution in [1.82, 2.24) is 9.88 Å². The first-order valence-electron chi connectivity index (χ1n) is 7.18. The topological polar surface area (TPSA) is 85.6 Å². The Hall–Kier alpha value is -2.19. The first-order valence-corrected chi connectivity index (χ1v) is 8.37. The molecule has 0 N–H and O–H groups in total. The zero-order valence-corrected chi connectivity index (χ0v) is 15.0. The second-order valence-corrected chi connectivity index (χ2v) is 6.70. The van der Waals surface area contributed by atoms with Crippen LogP contribution in [0.1, 0.15) is 28.0 Å². The first-order chi connectivity index (χ1) is 11.3. The maximum Gasteiger partial charge on any atom is 0.311 e. The molecule has 1 aromatic carbocycles. The molecule has 24 heavy (non-hydrogen) atoms. The molecule has 1 amide bonds. The van der Waals surface area contributed by atoms with Gasteiger partial charge in [0.1, 0.15) is 0 Å². The lowest BCUT2D eigenvalue weighted by atomic mass is 10.3. The molecule has 2 rings (SSSR count). The summed E-state index contributed by atoms with van der Waals surface area (Å²) in [5.74, 6) is -0.233. The number of hydrogen-bond acceptors (Lipinski definition) is 6. The maximum atomic E-state index is 12.5. The molecule has 0 aliphatic carbocycles. The van der Waals surface area contributed by atoms with Crippen LogP contribution in [0, 0.1) is 17.0 Å². The van der Waals surface area contributed by atoms with Gasteiger partial charge < -0.3 is 9.64 Å². The Morgan fingerprint density at radius 1 is 1.50 bits per heavy atom. The fourth-order valence-corrected chi connectivity index (χ4v) is 3.05. The van der Waals surface area contributed by atoms with Crippen LogP contribution in [0.15, 0.2) is 18.2 Å². The second kappa shape index (κ2) is 7.59. The van der Waals surface area contributed by atoms with Gasteiger partial charge in [-0.25, -0.2) is 4.98 Å². The number of nitrogens with zero attached hydrogens (tertiary/aromatic N) is 3. The summed E-state index contributed by atoms with van der Waals surface area (Å²) in [7, 11) is 1.69. The third-order valence-electron chi connectivity index (χ3n) is 3.13. The molecule has 128 valence electrons. The number of ether oxygens (including phenoxy) is 1. The minimum atomic E-state index is -0.574. The zero-order chi connectivity index (χ0) is 17.9. The molecule has 2 aromatic rings. The molecule has 0 aliphatic heterocycles.